The molecule has 0 saturated carbocycles. The second-order valence-corrected chi connectivity index (χ2v) is 7.10. The van der Waals surface area contributed by atoms with Crippen LogP contribution >= 0.6 is 0 Å². The Kier molecular flexibility index (Phi) is 5.34. The molecule has 7 heteroatoms. The number of hydrogen-bond acceptors (Lipinski definition) is 4. The predicted octanol–water partition coefficient (Wildman–Crippen LogP) is 3.80. The molecule has 2 N–H and O–H groups in total. The molecule has 0 atom stereocenters. The zero-order valence-corrected chi connectivity index (χ0v) is 17.1. The number of aromatic amines is 1. The van der Waals surface area contributed by atoms with E-state index in [0.717, 1.165) is 39.2 Å². The summed E-state index contributed by atoms with van der Waals surface area (Å²) in [7, 11) is 1.65. The summed E-state index contributed by atoms with van der Waals surface area (Å²) in [6.07, 6.45) is 3.31. The molecule has 0 saturated heterocycles. The molecular weight excluding hydrogens is 378 g/mol. The Morgan fingerprint density at radius 3 is 2.83 bits per heavy atom. The molecule has 2 heterocycles. The Balaban J connectivity index is 1.50. The Bertz CT molecular complexity index is 1240. The number of benzene rings is 2. The number of nitrogens with one attached hydrogen (secondary N) is 2. The molecule has 0 spiro atoms. The first-order chi connectivity index (χ1) is 14.5. The Morgan fingerprint density at radius 2 is 2.07 bits per heavy atom. The third-order valence-corrected chi connectivity index (χ3v) is 4.94. The van der Waals surface area contributed by atoms with Gasteiger partial charge in [-0.25, -0.2) is 5.43 Å². The number of hydrogen-bond donors (Lipinski definition) is 2. The van der Waals surface area contributed by atoms with Crippen LogP contribution in [-0.4, -0.2) is 34.0 Å². The lowest BCUT2D eigenvalue weighted by Crippen LogP contribution is -2.17. The average Bonchev–Trinajstić information content (AvgIpc) is 3.31. The van der Waals surface area contributed by atoms with E-state index in [9.17, 15) is 4.79 Å². The van der Waals surface area contributed by atoms with Crippen molar-refractivity contribution in [3.63, 3.8) is 0 Å². The fourth-order valence-corrected chi connectivity index (χ4v) is 3.48. The number of carbonyl (C=O) groups excluding carboxylic acids is 1. The molecule has 0 fully saturated rings. The van der Waals surface area contributed by atoms with Crippen molar-refractivity contribution in [2.24, 2.45) is 5.10 Å². The number of aryl methyl sites for hydroxylation is 2. The number of carbonyl (C=O) groups is 1. The van der Waals surface area contributed by atoms with E-state index in [0.29, 0.717) is 12.1 Å². The number of amides is 1. The van der Waals surface area contributed by atoms with E-state index >= 15 is 0 Å². The van der Waals surface area contributed by atoms with Crippen LogP contribution in [0.2, 0.25) is 0 Å². The van der Waals surface area contributed by atoms with E-state index in [1.165, 1.54) is 0 Å². The van der Waals surface area contributed by atoms with E-state index in [2.05, 4.69) is 20.6 Å². The number of hydrazone groups is 1. The van der Waals surface area contributed by atoms with Gasteiger partial charge in [0.15, 0.2) is 0 Å². The quantitative estimate of drug-likeness (QED) is 0.381. The van der Waals surface area contributed by atoms with Crippen molar-refractivity contribution >= 4 is 23.0 Å². The van der Waals surface area contributed by atoms with Crippen LogP contribution in [0.3, 0.4) is 0 Å². The van der Waals surface area contributed by atoms with Gasteiger partial charge >= 0.3 is 0 Å². The largest absolute Gasteiger partial charge is 0.496 e. The van der Waals surface area contributed by atoms with E-state index < -0.39 is 0 Å². The standard InChI is InChI=1S/C23H23N5O2/c1-15-10-16(2)28(27-15)14-18-11-17(8-9-22(18)30-3)12-25-26-23(29)20-13-24-21-7-5-4-6-19(20)21/h4-13,24H,14H2,1-3H3,(H,26,29)/b25-12-. The number of para-hydroxylation sites is 1. The second-order valence-electron chi connectivity index (χ2n) is 7.10. The molecule has 0 aliphatic carbocycles. The first-order valence-corrected chi connectivity index (χ1v) is 9.62. The van der Waals surface area contributed by atoms with E-state index in [1.807, 2.05) is 67.1 Å². The van der Waals surface area contributed by atoms with Crippen LogP contribution in [0.5, 0.6) is 5.75 Å². The number of rotatable bonds is 6. The number of H-pyrrole nitrogens is 1. The summed E-state index contributed by atoms with van der Waals surface area (Å²) in [6.45, 7) is 4.59. The fourth-order valence-electron chi connectivity index (χ4n) is 3.48. The molecule has 7 nitrogen and oxygen atoms in total. The van der Waals surface area contributed by atoms with Crippen LogP contribution in [0.15, 0.2) is 59.8 Å². The predicted molar refractivity (Wildman–Crippen MR) is 117 cm³/mol. The minimum absolute atomic E-state index is 0.264. The molecule has 30 heavy (non-hydrogen) atoms. The van der Waals surface area contributed by atoms with Crippen LogP contribution in [0.25, 0.3) is 10.9 Å². The summed E-state index contributed by atoms with van der Waals surface area (Å²) in [6, 6.07) is 15.5. The summed E-state index contributed by atoms with van der Waals surface area (Å²) >= 11 is 0. The molecule has 0 unspecified atom stereocenters. The van der Waals surface area contributed by atoms with Gasteiger partial charge in [0.2, 0.25) is 0 Å². The molecule has 2 aromatic carbocycles. The lowest BCUT2D eigenvalue weighted by molar-refractivity contribution is 0.0957. The van der Waals surface area contributed by atoms with Crippen LogP contribution in [0.1, 0.15) is 32.9 Å². The maximum Gasteiger partial charge on any atom is 0.273 e. The van der Waals surface area contributed by atoms with Crippen LogP contribution < -0.4 is 10.2 Å². The number of methoxy groups -OCH3 is 1. The van der Waals surface area contributed by atoms with Gasteiger partial charge in [-0.3, -0.25) is 9.48 Å². The van der Waals surface area contributed by atoms with Crippen LogP contribution in [0.4, 0.5) is 0 Å². The molecule has 0 aliphatic heterocycles. The maximum absolute atomic E-state index is 12.5. The van der Waals surface area contributed by atoms with Crippen molar-refractivity contribution in [2.45, 2.75) is 20.4 Å². The van der Waals surface area contributed by atoms with E-state index in [4.69, 9.17) is 4.74 Å². The molecule has 0 aliphatic rings. The van der Waals surface area contributed by atoms with Gasteiger partial charge in [0, 0.05) is 28.4 Å². The van der Waals surface area contributed by atoms with Crippen molar-refractivity contribution in [2.75, 3.05) is 7.11 Å². The minimum atomic E-state index is -0.264. The number of fused-ring (bicyclic) bond motifs is 1. The number of ether oxygens (including phenoxy) is 1. The lowest BCUT2D eigenvalue weighted by atomic mass is 10.1. The third kappa shape index (κ3) is 3.96. The SMILES string of the molecule is COc1ccc(/C=N\NC(=O)c2c[nH]c3ccccc23)cc1Cn1nc(C)cc1C. The summed E-state index contributed by atoms with van der Waals surface area (Å²) in [5, 5.41) is 9.51. The van der Waals surface area contributed by atoms with E-state index in [-0.39, 0.29) is 5.91 Å². The highest BCUT2D eigenvalue weighted by molar-refractivity contribution is 6.06. The van der Waals surface area contributed by atoms with Crippen molar-refractivity contribution in [3.05, 3.63) is 82.8 Å². The molecule has 4 aromatic rings. The molecule has 0 radical (unpaired) electrons. The molecule has 0 bridgehead atoms. The van der Waals surface area contributed by atoms with Gasteiger partial charge in [-0.15, -0.1) is 0 Å². The van der Waals surface area contributed by atoms with Gasteiger partial charge < -0.3 is 9.72 Å². The number of aromatic nitrogens is 3. The van der Waals surface area contributed by atoms with Gasteiger partial charge in [-0.05, 0) is 49.7 Å². The summed E-state index contributed by atoms with van der Waals surface area (Å²) in [5.41, 5.74) is 7.96. The zero-order chi connectivity index (χ0) is 21.1. The highest BCUT2D eigenvalue weighted by Gasteiger charge is 2.11. The molecule has 152 valence electrons. The topological polar surface area (TPSA) is 84.3 Å². The fraction of sp³-hybridized carbons (Fsp3) is 0.174. The first-order valence-electron chi connectivity index (χ1n) is 9.62. The Labute approximate surface area is 174 Å². The van der Waals surface area contributed by atoms with Gasteiger partial charge in [0.05, 0.1) is 31.1 Å². The lowest BCUT2D eigenvalue weighted by Gasteiger charge is -2.11. The molecule has 1 amide bonds. The smallest absolute Gasteiger partial charge is 0.273 e. The normalized spacial score (nSPS) is 11.3. The average molecular weight is 401 g/mol. The minimum Gasteiger partial charge on any atom is -0.496 e. The van der Waals surface area contributed by atoms with Crippen molar-refractivity contribution in [1.82, 2.24) is 20.2 Å². The summed E-state index contributed by atoms with van der Waals surface area (Å²) in [4.78, 5) is 15.6. The van der Waals surface area contributed by atoms with E-state index in [1.54, 1.807) is 19.5 Å². The summed E-state index contributed by atoms with van der Waals surface area (Å²) in [5.74, 6) is 0.516. The number of nitrogens with zero attached hydrogens (tertiary/aromatic N) is 3. The Morgan fingerprint density at radius 1 is 1.23 bits per heavy atom. The van der Waals surface area contributed by atoms with Crippen LogP contribution in [0, 0.1) is 13.8 Å². The van der Waals surface area contributed by atoms with Gasteiger partial charge in [0.25, 0.3) is 5.91 Å². The molecular formula is C23H23N5O2. The highest BCUT2D eigenvalue weighted by atomic mass is 16.5. The monoisotopic (exact) mass is 401 g/mol. The molecule has 2 aromatic heterocycles. The van der Waals surface area contributed by atoms with Gasteiger partial charge in [0.1, 0.15) is 5.75 Å². The Hall–Kier alpha value is -3.87. The van der Waals surface area contributed by atoms with Crippen molar-refractivity contribution in [1.29, 1.82) is 0 Å². The van der Waals surface area contributed by atoms with Crippen molar-refractivity contribution < 1.29 is 9.53 Å². The second kappa shape index (κ2) is 8.24. The van der Waals surface area contributed by atoms with Crippen molar-refractivity contribution in [3.8, 4) is 5.75 Å². The maximum atomic E-state index is 12.5. The highest BCUT2D eigenvalue weighted by Crippen LogP contribution is 2.21. The zero-order valence-electron chi connectivity index (χ0n) is 17.1. The third-order valence-electron chi connectivity index (χ3n) is 4.94. The van der Waals surface area contributed by atoms with Gasteiger partial charge in [-0.1, -0.05) is 18.2 Å². The van der Waals surface area contributed by atoms with Gasteiger partial charge in [-0.2, -0.15) is 10.2 Å². The molecule has 4 rings (SSSR count). The first kappa shape index (κ1) is 19.4. The summed E-state index contributed by atoms with van der Waals surface area (Å²) < 4.78 is 7.43. The van der Waals surface area contributed by atoms with Crippen LogP contribution in [-0.2, 0) is 6.54 Å².